The van der Waals surface area contributed by atoms with Gasteiger partial charge in [0.15, 0.2) is 0 Å². The number of carbonyl (C=O) groups is 2. The van der Waals surface area contributed by atoms with Crippen molar-refractivity contribution in [2.45, 2.75) is 19.3 Å². The van der Waals surface area contributed by atoms with E-state index < -0.39 is 0 Å². The molecule has 1 aromatic rings. The van der Waals surface area contributed by atoms with Crippen molar-refractivity contribution in [3.05, 3.63) is 48.0 Å². The van der Waals surface area contributed by atoms with Gasteiger partial charge in [-0.3, -0.25) is 4.79 Å². The SMILES string of the molecule is O=C/C=C/CCCCOC(=O)c1ccccc1. The van der Waals surface area contributed by atoms with Gasteiger partial charge >= 0.3 is 5.97 Å². The molecule has 0 radical (unpaired) electrons. The third-order valence-electron chi connectivity index (χ3n) is 2.22. The van der Waals surface area contributed by atoms with Crippen LogP contribution in [-0.2, 0) is 9.53 Å². The number of unbranched alkanes of at least 4 members (excludes halogenated alkanes) is 2. The molecule has 90 valence electrons. The van der Waals surface area contributed by atoms with Crippen LogP contribution in [0, 0.1) is 0 Å². The minimum absolute atomic E-state index is 0.283. The molecule has 0 spiro atoms. The minimum atomic E-state index is -0.283. The number of hydrogen-bond donors (Lipinski definition) is 0. The second-order valence-electron chi connectivity index (χ2n) is 3.56. The Hall–Kier alpha value is -1.90. The van der Waals surface area contributed by atoms with Gasteiger partial charge in [-0.05, 0) is 37.5 Å². The van der Waals surface area contributed by atoms with Crippen molar-refractivity contribution in [3.63, 3.8) is 0 Å². The molecule has 0 N–H and O–H groups in total. The minimum Gasteiger partial charge on any atom is -0.462 e. The molecule has 3 nitrogen and oxygen atoms in total. The molecule has 1 aromatic carbocycles. The molecule has 0 aliphatic rings. The van der Waals surface area contributed by atoms with Gasteiger partial charge in [-0.25, -0.2) is 4.79 Å². The number of allylic oxidation sites excluding steroid dienone is 2. The van der Waals surface area contributed by atoms with Crippen LogP contribution in [0.3, 0.4) is 0 Å². The largest absolute Gasteiger partial charge is 0.462 e. The second-order valence-corrected chi connectivity index (χ2v) is 3.56. The maximum absolute atomic E-state index is 11.5. The standard InChI is InChI=1S/C14H16O3/c15-11-7-2-1-3-8-12-17-14(16)13-9-5-4-6-10-13/h2,4-7,9-11H,1,3,8,12H2/b7-2+. The zero-order valence-electron chi connectivity index (χ0n) is 9.67. The van der Waals surface area contributed by atoms with E-state index in [9.17, 15) is 9.59 Å². The van der Waals surface area contributed by atoms with Crippen LogP contribution in [0.15, 0.2) is 42.5 Å². The van der Waals surface area contributed by atoms with Gasteiger partial charge in [0, 0.05) is 0 Å². The first-order chi connectivity index (χ1) is 8.34. The summed E-state index contributed by atoms with van der Waals surface area (Å²) in [5, 5.41) is 0. The van der Waals surface area contributed by atoms with Crippen molar-refractivity contribution < 1.29 is 14.3 Å². The summed E-state index contributed by atoms with van der Waals surface area (Å²) >= 11 is 0. The fraction of sp³-hybridized carbons (Fsp3) is 0.286. The maximum Gasteiger partial charge on any atom is 0.338 e. The quantitative estimate of drug-likeness (QED) is 0.314. The Morgan fingerprint density at radius 2 is 1.94 bits per heavy atom. The molecule has 0 bridgehead atoms. The Labute approximate surface area is 101 Å². The average Bonchev–Trinajstić information content (AvgIpc) is 2.38. The van der Waals surface area contributed by atoms with E-state index in [1.165, 1.54) is 6.08 Å². The molecule has 0 aliphatic carbocycles. The van der Waals surface area contributed by atoms with Crippen molar-refractivity contribution in [1.29, 1.82) is 0 Å². The Kier molecular flexibility index (Phi) is 6.41. The Morgan fingerprint density at radius 3 is 2.65 bits per heavy atom. The molecule has 3 heteroatoms. The van der Waals surface area contributed by atoms with E-state index in [1.54, 1.807) is 24.3 Å². The number of esters is 1. The lowest BCUT2D eigenvalue weighted by atomic mass is 10.2. The van der Waals surface area contributed by atoms with Gasteiger partial charge in [0.05, 0.1) is 12.2 Å². The molecule has 0 heterocycles. The predicted octanol–water partition coefficient (Wildman–Crippen LogP) is 2.77. The topological polar surface area (TPSA) is 43.4 Å². The molecule has 0 aromatic heterocycles. The Bertz CT molecular complexity index is 368. The van der Waals surface area contributed by atoms with Crippen molar-refractivity contribution in [2.24, 2.45) is 0 Å². The molecule has 0 saturated carbocycles. The fourth-order valence-corrected chi connectivity index (χ4v) is 1.34. The van der Waals surface area contributed by atoms with Crippen LogP contribution in [0.1, 0.15) is 29.6 Å². The number of ether oxygens (including phenoxy) is 1. The highest BCUT2D eigenvalue weighted by Gasteiger charge is 2.04. The van der Waals surface area contributed by atoms with Gasteiger partial charge in [-0.2, -0.15) is 0 Å². The van der Waals surface area contributed by atoms with Crippen LogP contribution in [0.2, 0.25) is 0 Å². The zero-order chi connectivity index (χ0) is 12.3. The first-order valence-corrected chi connectivity index (χ1v) is 5.67. The highest BCUT2D eigenvalue weighted by atomic mass is 16.5. The van der Waals surface area contributed by atoms with Gasteiger partial charge in [-0.1, -0.05) is 24.3 Å². The predicted molar refractivity (Wildman–Crippen MR) is 65.8 cm³/mol. The Morgan fingerprint density at radius 1 is 1.18 bits per heavy atom. The second kappa shape index (κ2) is 8.28. The lowest BCUT2D eigenvalue weighted by Crippen LogP contribution is -2.05. The van der Waals surface area contributed by atoms with E-state index in [2.05, 4.69) is 0 Å². The number of hydrogen-bond acceptors (Lipinski definition) is 3. The van der Waals surface area contributed by atoms with E-state index in [0.29, 0.717) is 12.2 Å². The number of carbonyl (C=O) groups excluding carboxylic acids is 2. The van der Waals surface area contributed by atoms with E-state index in [0.717, 1.165) is 25.5 Å². The number of rotatable bonds is 7. The summed E-state index contributed by atoms with van der Waals surface area (Å²) in [5.41, 5.74) is 0.577. The summed E-state index contributed by atoms with van der Waals surface area (Å²) in [6, 6.07) is 8.93. The summed E-state index contributed by atoms with van der Waals surface area (Å²) in [4.78, 5) is 21.5. The van der Waals surface area contributed by atoms with Gasteiger partial charge in [0.25, 0.3) is 0 Å². The normalized spacial score (nSPS) is 10.4. The highest BCUT2D eigenvalue weighted by molar-refractivity contribution is 5.89. The monoisotopic (exact) mass is 232 g/mol. The summed E-state index contributed by atoms with van der Waals surface area (Å²) in [6.45, 7) is 0.419. The maximum atomic E-state index is 11.5. The summed E-state index contributed by atoms with van der Waals surface area (Å²) < 4.78 is 5.10. The third kappa shape index (κ3) is 5.66. The summed E-state index contributed by atoms with van der Waals surface area (Å²) in [7, 11) is 0. The van der Waals surface area contributed by atoms with Crippen LogP contribution in [0.4, 0.5) is 0 Å². The van der Waals surface area contributed by atoms with E-state index in [4.69, 9.17) is 4.74 Å². The van der Waals surface area contributed by atoms with Gasteiger partial charge < -0.3 is 4.74 Å². The molecular formula is C14H16O3. The first kappa shape index (κ1) is 13.2. The number of aldehydes is 1. The molecule has 0 aliphatic heterocycles. The van der Waals surface area contributed by atoms with Crippen molar-refractivity contribution in [3.8, 4) is 0 Å². The lowest BCUT2D eigenvalue weighted by molar-refractivity contribution is -0.104. The average molecular weight is 232 g/mol. The fourth-order valence-electron chi connectivity index (χ4n) is 1.34. The first-order valence-electron chi connectivity index (χ1n) is 5.67. The van der Waals surface area contributed by atoms with Gasteiger partial charge in [-0.15, -0.1) is 0 Å². The van der Waals surface area contributed by atoms with E-state index >= 15 is 0 Å². The van der Waals surface area contributed by atoms with E-state index in [-0.39, 0.29) is 5.97 Å². The van der Waals surface area contributed by atoms with Crippen molar-refractivity contribution in [1.82, 2.24) is 0 Å². The molecule has 0 fully saturated rings. The molecular weight excluding hydrogens is 216 g/mol. The molecule has 0 atom stereocenters. The molecule has 0 amide bonds. The van der Waals surface area contributed by atoms with Crippen LogP contribution in [-0.4, -0.2) is 18.9 Å². The summed E-state index contributed by atoms with van der Waals surface area (Å²) in [6.07, 6.45) is 6.60. The third-order valence-corrected chi connectivity index (χ3v) is 2.22. The van der Waals surface area contributed by atoms with Crippen LogP contribution in [0.25, 0.3) is 0 Å². The molecule has 0 unspecified atom stereocenters. The van der Waals surface area contributed by atoms with Crippen LogP contribution in [0.5, 0.6) is 0 Å². The molecule has 17 heavy (non-hydrogen) atoms. The zero-order valence-corrected chi connectivity index (χ0v) is 9.67. The number of benzene rings is 1. The van der Waals surface area contributed by atoms with Gasteiger partial charge in [0.2, 0.25) is 0 Å². The van der Waals surface area contributed by atoms with Crippen molar-refractivity contribution >= 4 is 12.3 Å². The smallest absolute Gasteiger partial charge is 0.338 e. The highest BCUT2D eigenvalue weighted by Crippen LogP contribution is 2.03. The lowest BCUT2D eigenvalue weighted by Gasteiger charge is -2.03. The van der Waals surface area contributed by atoms with E-state index in [1.807, 2.05) is 12.1 Å². The van der Waals surface area contributed by atoms with Crippen LogP contribution < -0.4 is 0 Å². The van der Waals surface area contributed by atoms with Gasteiger partial charge in [0.1, 0.15) is 6.29 Å². The molecule has 0 saturated heterocycles. The van der Waals surface area contributed by atoms with Crippen LogP contribution >= 0.6 is 0 Å². The molecule has 1 rings (SSSR count). The summed E-state index contributed by atoms with van der Waals surface area (Å²) in [5.74, 6) is -0.283. The van der Waals surface area contributed by atoms with Crippen molar-refractivity contribution in [2.75, 3.05) is 6.61 Å². The Balaban J connectivity index is 2.13.